The van der Waals surface area contributed by atoms with Gasteiger partial charge in [0.25, 0.3) is 5.91 Å². The second kappa shape index (κ2) is 8.74. The molecule has 2 rings (SSSR count). The first kappa shape index (κ1) is 19.8. The standard InChI is InChI=1S/C20H22F3NO2/c1-15(2)12-24(14-20(21,22)23)19(25)13-26-18-11-7-6-10-17(18)16-8-4-3-5-9-16/h3-11,15H,12-14H2,1-2H3. The smallest absolute Gasteiger partial charge is 0.406 e. The summed E-state index contributed by atoms with van der Waals surface area (Å²) in [6.45, 7) is 1.85. The van der Waals surface area contributed by atoms with Gasteiger partial charge in [0.2, 0.25) is 0 Å². The van der Waals surface area contributed by atoms with Gasteiger partial charge in [0.05, 0.1) is 0 Å². The first-order chi connectivity index (χ1) is 12.3. The second-order valence-corrected chi connectivity index (χ2v) is 6.43. The molecule has 0 saturated carbocycles. The molecule has 0 aromatic heterocycles. The van der Waals surface area contributed by atoms with Crippen molar-refractivity contribution in [2.24, 2.45) is 5.92 Å². The summed E-state index contributed by atoms with van der Waals surface area (Å²) in [5, 5.41) is 0. The van der Waals surface area contributed by atoms with Crippen molar-refractivity contribution in [3.8, 4) is 16.9 Å². The van der Waals surface area contributed by atoms with Gasteiger partial charge >= 0.3 is 6.18 Å². The number of amides is 1. The molecule has 0 aliphatic heterocycles. The van der Waals surface area contributed by atoms with Gasteiger partial charge in [-0.1, -0.05) is 62.4 Å². The molecule has 26 heavy (non-hydrogen) atoms. The van der Waals surface area contributed by atoms with Gasteiger partial charge in [-0.3, -0.25) is 4.79 Å². The van der Waals surface area contributed by atoms with Gasteiger partial charge < -0.3 is 9.64 Å². The molecule has 2 aromatic carbocycles. The highest BCUT2D eigenvalue weighted by Crippen LogP contribution is 2.29. The third-order valence-electron chi connectivity index (χ3n) is 3.63. The van der Waals surface area contributed by atoms with E-state index in [4.69, 9.17) is 4.74 Å². The van der Waals surface area contributed by atoms with Gasteiger partial charge in [0, 0.05) is 12.1 Å². The molecule has 1 amide bonds. The summed E-state index contributed by atoms with van der Waals surface area (Å²) in [7, 11) is 0. The molecule has 2 aromatic rings. The van der Waals surface area contributed by atoms with Crippen molar-refractivity contribution in [1.29, 1.82) is 0 Å². The first-order valence-electron chi connectivity index (χ1n) is 8.38. The van der Waals surface area contributed by atoms with Crippen LogP contribution in [0.2, 0.25) is 0 Å². The number of alkyl halides is 3. The van der Waals surface area contributed by atoms with Gasteiger partial charge in [0.15, 0.2) is 6.61 Å². The molecule has 3 nitrogen and oxygen atoms in total. The van der Waals surface area contributed by atoms with E-state index in [0.717, 1.165) is 16.0 Å². The SMILES string of the molecule is CC(C)CN(CC(F)(F)F)C(=O)COc1ccccc1-c1ccccc1. The lowest BCUT2D eigenvalue weighted by atomic mass is 10.1. The zero-order chi connectivity index (χ0) is 19.2. The number of carbonyl (C=O) groups is 1. The van der Waals surface area contributed by atoms with Crippen LogP contribution in [0.3, 0.4) is 0 Å². The van der Waals surface area contributed by atoms with Crippen molar-refractivity contribution in [2.45, 2.75) is 20.0 Å². The molecule has 0 fully saturated rings. The summed E-state index contributed by atoms with van der Waals surface area (Å²) >= 11 is 0. The maximum atomic E-state index is 12.7. The molecule has 140 valence electrons. The third-order valence-corrected chi connectivity index (χ3v) is 3.63. The summed E-state index contributed by atoms with van der Waals surface area (Å²) < 4.78 is 43.8. The van der Waals surface area contributed by atoms with E-state index in [9.17, 15) is 18.0 Å². The zero-order valence-corrected chi connectivity index (χ0v) is 14.8. The number of para-hydroxylation sites is 1. The van der Waals surface area contributed by atoms with Crippen LogP contribution in [0, 0.1) is 5.92 Å². The largest absolute Gasteiger partial charge is 0.483 e. The van der Waals surface area contributed by atoms with Gasteiger partial charge in [0.1, 0.15) is 12.3 Å². The van der Waals surface area contributed by atoms with Crippen molar-refractivity contribution >= 4 is 5.91 Å². The van der Waals surface area contributed by atoms with Gasteiger partial charge in [-0.05, 0) is 17.5 Å². The number of hydrogen-bond acceptors (Lipinski definition) is 2. The lowest BCUT2D eigenvalue weighted by Gasteiger charge is -2.25. The molecule has 0 saturated heterocycles. The lowest BCUT2D eigenvalue weighted by molar-refractivity contribution is -0.163. The Hall–Kier alpha value is -2.50. The summed E-state index contributed by atoms with van der Waals surface area (Å²) in [5.74, 6) is -0.291. The Morgan fingerprint density at radius 2 is 1.65 bits per heavy atom. The average molecular weight is 365 g/mol. The zero-order valence-electron chi connectivity index (χ0n) is 14.8. The fourth-order valence-corrected chi connectivity index (χ4v) is 2.59. The van der Waals surface area contributed by atoms with E-state index in [-0.39, 0.29) is 12.5 Å². The number of ether oxygens (including phenoxy) is 1. The molecule has 0 bridgehead atoms. The number of rotatable bonds is 7. The number of benzene rings is 2. The van der Waals surface area contributed by atoms with Crippen LogP contribution in [0.15, 0.2) is 54.6 Å². The van der Waals surface area contributed by atoms with E-state index in [0.29, 0.717) is 5.75 Å². The maximum Gasteiger partial charge on any atom is 0.406 e. The van der Waals surface area contributed by atoms with Crippen LogP contribution in [-0.4, -0.2) is 36.7 Å². The highest BCUT2D eigenvalue weighted by atomic mass is 19.4. The fraction of sp³-hybridized carbons (Fsp3) is 0.350. The van der Waals surface area contributed by atoms with Crippen molar-refractivity contribution in [1.82, 2.24) is 4.90 Å². The van der Waals surface area contributed by atoms with Crippen LogP contribution in [0.1, 0.15) is 13.8 Å². The van der Waals surface area contributed by atoms with Crippen molar-refractivity contribution in [3.05, 3.63) is 54.6 Å². The molecule has 0 aliphatic carbocycles. The summed E-state index contributed by atoms with van der Waals surface area (Å²) in [6.07, 6.45) is -4.44. The van der Waals surface area contributed by atoms with E-state index >= 15 is 0 Å². The number of hydrogen-bond donors (Lipinski definition) is 0. The van der Waals surface area contributed by atoms with Crippen LogP contribution in [0.4, 0.5) is 13.2 Å². The normalized spacial score (nSPS) is 11.5. The quantitative estimate of drug-likeness (QED) is 0.707. The molecule has 0 radical (unpaired) electrons. The summed E-state index contributed by atoms with van der Waals surface area (Å²) in [4.78, 5) is 13.1. The fourth-order valence-electron chi connectivity index (χ4n) is 2.59. The van der Waals surface area contributed by atoms with Crippen molar-refractivity contribution in [2.75, 3.05) is 19.7 Å². The third kappa shape index (κ3) is 6.10. The minimum absolute atomic E-state index is 0.0298. The van der Waals surface area contributed by atoms with Crippen molar-refractivity contribution in [3.63, 3.8) is 0 Å². The molecule has 0 unspecified atom stereocenters. The van der Waals surface area contributed by atoms with E-state index in [2.05, 4.69) is 0 Å². The van der Waals surface area contributed by atoms with Crippen LogP contribution < -0.4 is 4.74 Å². The van der Waals surface area contributed by atoms with Crippen LogP contribution in [0.5, 0.6) is 5.75 Å². The van der Waals surface area contributed by atoms with Crippen LogP contribution in [0.25, 0.3) is 11.1 Å². The molecular weight excluding hydrogens is 343 g/mol. The highest BCUT2D eigenvalue weighted by Gasteiger charge is 2.33. The highest BCUT2D eigenvalue weighted by molar-refractivity contribution is 5.78. The van der Waals surface area contributed by atoms with Crippen LogP contribution >= 0.6 is 0 Å². The predicted octanol–water partition coefficient (Wildman–Crippen LogP) is 4.78. The molecule has 0 heterocycles. The van der Waals surface area contributed by atoms with Crippen LogP contribution in [-0.2, 0) is 4.79 Å². The Morgan fingerprint density at radius 1 is 1.04 bits per heavy atom. The molecule has 0 spiro atoms. The minimum atomic E-state index is -4.44. The monoisotopic (exact) mass is 365 g/mol. The molecule has 6 heteroatoms. The van der Waals surface area contributed by atoms with Gasteiger partial charge in [-0.2, -0.15) is 13.2 Å². The Bertz CT molecular complexity index is 714. The Kier molecular flexibility index (Phi) is 6.66. The van der Waals surface area contributed by atoms with Gasteiger partial charge in [-0.25, -0.2) is 0 Å². The number of halogens is 3. The van der Waals surface area contributed by atoms with E-state index < -0.39 is 25.2 Å². The predicted molar refractivity (Wildman–Crippen MR) is 94.8 cm³/mol. The molecular formula is C20H22F3NO2. The Labute approximate surface area is 151 Å². The molecule has 0 aliphatic rings. The summed E-state index contributed by atoms with van der Waals surface area (Å²) in [5.41, 5.74) is 1.69. The van der Waals surface area contributed by atoms with E-state index in [1.54, 1.807) is 26.0 Å². The van der Waals surface area contributed by atoms with E-state index in [1.165, 1.54) is 0 Å². The maximum absolute atomic E-state index is 12.7. The van der Waals surface area contributed by atoms with Crippen molar-refractivity contribution < 1.29 is 22.7 Å². The molecule has 0 atom stereocenters. The lowest BCUT2D eigenvalue weighted by Crippen LogP contribution is -2.43. The minimum Gasteiger partial charge on any atom is -0.483 e. The summed E-state index contributed by atoms with van der Waals surface area (Å²) in [6, 6.07) is 16.6. The molecule has 0 N–H and O–H groups in total. The topological polar surface area (TPSA) is 29.5 Å². The number of nitrogens with zero attached hydrogens (tertiary/aromatic N) is 1. The van der Waals surface area contributed by atoms with Gasteiger partial charge in [-0.15, -0.1) is 0 Å². The Morgan fingerprint density at radius 3 is 2.27 bits per heavy atom. The Balaban J connectivity index is 2.11. The number of carbonyl (C=O) groups excluding carboxylic acids is 1. The average Bonchev–Trinajstić information content (AvgIpc) is 2.58. The first-order valence-corrected chi connectivity index (χ1v) is 8.38. The second-order valence-electron chi connectivity index (χ2n) is 6.43. The van der Waals surface area contributed by atoms with E-state index in [1.807, 2.05) is 42.5 Å².